The number of carboxylic acid groups (broad SMARTS) is 1. The molecule has 2 fully saturated rings. The normalized spacial score (nSPS) is 24.8. The van der Waals surface area contributed by atoms with E-state index >= 15 is 0 Å². The highest BCUT2D eigenvalue weighted by molar-refractivity contribution is 6.03. The lowest BCUT2D eigenvalue weighted by Gasteiger charge is -2.31. The fourth-order valence-corrected chi connectivity index (χ4v) is 4.23. The third kappa shape index (κ3) is 2.44. The Morgan fingerprint density at radius 2 is 1.92 bits per heavy atom. The molecule has 1 atom stereocenters. The Bertz CT molecular complexity index is 836. The minimum absolute atomic E-state index is 0.185. The van der Waals surface area contributed by atoms with E-state index in [0.717, 1.165) is 5.56 Å². The number of fused-ring (bicyclic) bond motifs is 1. The number of carbonyl (C=O) groups is 4. The molecule has 1 aromatic carbocycles. The molecule has 8 heteroatoms. The van der Waals surface area contributed by atoms with Crippen molar-refractivity contribution in [1.82, 2.24) is 10.2 Å². The zero-order chi connectivity index (χ0) is 18.5. The van der Waals surface area contributed by atoms with Crippen LogP contribution in [0.3, 0.4) is 0 Å². The summed E-state index contributed by atoms with van der Waals surface area (Å²) in [6, 6.07) is 5.10. The molecular weight excluding hydrogens is 338 g/mol. The average Bonchev–Trinajstić information content (AvgIpc) is 3.23. The Morgan fingerprint density at radius 3 is 2.65 bits per heavy atom. The number of imide groups is 1. The number of piperidine rings is 1. The lowest BCUT2D eigenvalue weighted by molar-refractivity contribution is -0.141. The van der Waals surface area contributed by atoms with Crippen LogP contribution in [0.5, 0.6) is 0 Å². The lowest BCUT2D eigenvalue weighted by Crippen LogP contribution is -2.50. The molecule has 3 aliphatic rings. The first-order valence-corrected chi connectivity index (χ1v) is 8.67. The Labute approximate surface area is 149 Å². The summed E-state index contributed by atoms with van der Waals surface area (Å²) < 4.78 is 0. The number of carbonyl (C=O) groups excluding carboxylic acids is 3. The lowest BCUT2D eigenvalue weighted by atomic mass is 9.79. The number of amides is 4. The molecule has 1 unspecified atom stereocenters. The van der Waals surface area contributed by atoms with Gasteiger partial charge in [0.2, 0.25) is 11.8 Å². The third-order valence-corrected chi connectivity index (χ3v) is 5.70. The van der Waals surface area contributed by atoms with Crippen LogP contribution in [0.4, 0.5) is 10.5 Å². The SMILES string of the molecule is O=C1CCC2(CCN(C(=O)c3cccc4c3CCN4C(=O)O)C2)C(=O)N1. The summed E-state index contributed by atoms with van der Waals surface area (Å²) in [5, 5.41) is 11.7. The van der Waals surface area contributed by atoms with Gasteiger partial charge in [-0.2, -0.15) is 0 Å². The maximum Gasteiger partial charge on any atom is 0.411 e. The first-order valence-electron chi connectivity index (χ1n) is 8.67. The molecule has 0 aromatic heterocycles. The van der Waals surface area contributed by atoms with Gasteiger partial charge in [-0.25, -0.2) is 4.79 Å². The topological polar surface area (TPSA) is 107 Å². The van der Waals surface area contributed by atoms with Gasteiger partial charge in [-0.1, -0.05) is 6.07 Å². The molecule has 1 aromatic rings. The van der Waals surface area contributed by atoms with Crippen molar-refractivity contribution in [1.29, 1.82) is 0 Å². The van der Waals surface area contributed by atoms with Gasteiger partial charge in [0.15, 0.2) is 0 Å². The fourth-order valence-electron chi connectivity index (χ4n) is 4.23. The zero-order valence-corrected chi connectivity index (χ0v) is 14.2. The van der Waals surface area contributed by atoms with Crippen molar-refractivity contribution in [2.75, 3.05) is 24.5 Å². The highest BCUT2D eigenvalue weighted by atomic mass is 16.4. The van der Waals surface area contributed by atoms with E-state index in [1.165, 1.54) is 4.90 Å². The van der Waals surface area contributed by atoms with Crippen LogP contribution in [-0.2, 0) is 16.0 Å². The van der Waals surface area contributed by atoms with Crippen LogP contribution in [0.25, 0.3) is 0 Å². The standard InChI is InChI=1S/C18H19N3O5/c22-14-4-6-18(16(24)19-14)7-9-20(10-18)15(23)12-2-1-3-13-11(12)5-8-21(13)17(25)26/h1-3H,4-10H2,(H,25,26)(H,19,22,24). The molecule has 0 saturated carbocycles. The average molecular weight is 357 g/mol. The van der Waals surface area contributed by atoms with Gasteiger partial charge in [0.1, 0.15) is 0 Å². The van der Waals surface area contributed by atoms with E-state index in [9.17, 15) is 24.3 Å². The number of hydrogen-bond acceptors (Lipinski definition) is 4. The summed E-state index contributed by atoms with van der Waals surface area (Å²) in [5.41, 5.74) is 1.10. The molecular formula is C18H19N3O5. The molecule has 3 aliphatic heterocycles. The molecule has 2 N–H and O–H groups in total. The van der Waals surface area contributed by atoms with Crippen LogP contribution in [-0.4, -0.2) is 53.5 Å². The molecule has 136 valence electrons. The first-order chi connectivity index (χ1) is 12.4. The predicted octanol–water partition coefficient (Wildman–Crippen LogP) is 0.996. The molecule has 26 heavy (non-hydrogen) atoms. The molecule has 0 bridgehead atoms. The van der Waals surface area contributed by atoms with Crippen molar-refractivity contribution >= 4 is 29.5 Å². The largest absolute Gasteiger partial charge is 0.465 e. The van der Waals surface area contributed by atoms with Crippen LogP contribution < -0.4 is 10.2 Å². The second-order valence-corrected chi connectivity index (χ2v) is 7.12. The number of anilines is 1. The van der Waals surface area contributed by atoms with Gasteiger partial charge in [-0.05, 0) is 37.0 Å². The van der Waals surface area contributed by atoms with Crippen molar-refractivity contribution in [2.45, 2.75) is 25.7 Å². The highest BCUT2D eigenvalue weighted by Gasteiger charge is 2.49. The van der Waals surface area contributed by atoms with E-state index in [-0.39, 0.29) is 24.3 Å². The molecule has 1 spiro atoms. The van der Waals surface area contributed by atoms with Crippen LogP contribution >= 0.6 is 0 Å². The van der Waals surface area contributed by atoms with Crippen LogP contribution in [0.15, 0.2) is 18.2 Å². The Morgan fingerprint density at radius 1 is 1.12 bits per heavy atom. The summed E-state index contributed by atoms with van der Waals surface area (Å²) in [6.45, 7) is 1.08. The monoisotopic (exact) mass is 357 g/mol. The smallest absolute Gasteiger partial charge is 0.411 e. The molecule has 4 rings (SSSR count). The number of nitrogens with zero attached hydrogens (tertiary/aromatic N) is 2. The van der Waals surface area contributed by atoms with Crippen molar-refractivity contribution in [3.8, 4) is 0 Å². The molecule has 4 amide bonds. The van der Waals surface area contributed by atoms with Crippen molar-refractivity contribution in [3.63, 3.8) is 0 Å². The maximum absolute atomic E-state index is 13.0. The number of nitrogens with one attached hydrogen (secondary N) is 1. The van der Waals surface area contributed by atoms with Gasteiger partial charge in [0, 0.05) is 31.6 Å². The minimum atomic E-state index is -1.03. The van der Waals surface area contributed by atoms with E-state index in [1.807, 2.05) is 0 Å². The van der Waals surface area contributed by atoms with Gasteiger partial charge < -0.3 is 10.0 Å². The Balaban J connectivity index is 1.58. The second kappa shape index (κ2) is 5.82. The Hall–Kier alpha value is -2.90. The van der Waals surface area contributed by atoms with Gasteiger partial charge in [0.05, 0.1) is 11.1 Å². The number of likely N-dealkylation sites (tertiary alicyclic amines) is 1. The second-order valence-electron chi connectivity index (χ2n) is 7.12. The van der Waals surface area contributed by atoms with E-state index in [4.69, 9.17) is 0 Å². The van der Waals surface area contributed by atoms with E-state index in [2.05, 4.69) is 5.32 Å². The molecule has 3 heterocycles. The van der Waals surface area contributed by atoms with Gasteiger partial charge in [0.25, 0.3) is 5.91 Å². The summed E-state index contributed by atoms with van der Waals surface area (Å²) in [7, 11) is 0. The first kappa shape index (κ1) is 16.6. The Kier molecular flexibility index (Phi) is 3.71. The van der Waals surface area contributed by atoms with E-state index in [0.29, 0.717) is 50.0 Å². The maximum atomic E-state index is 13.0. The van der Waals surface area contributed by atoms with E-state index in [1.54, 1.807) is 23.1 Å². The molecule has 2 saturated heterocycles. The third-order valence-electron chi connectivity index (χ3n) is 5.70. The van der Waals surface area contributed by atoms with Crippen molar-refractivity contribution in [2.24, 2.45) is 5.41 Å². The molecule has 0 radical (unpaired) electrons. The minimum Gasteiger partial charge on any atom is -0.465 e. The summed E-state index contributed by atoms with van der Waals surface area (Å²) >= 11 is 0. The van der Waals surface area contributed by atoms with Gasteiger partial charge in [-0.15, -0.1) is 0 Å². The van der Waals surface area contributed by atoms with E-state index < -0.39 is 11.5 Å². The van der Waals surface area contributed by atoms with Crippen molar-refractivity contribution in [3.05, 3.63) is 29.3 Å². The van der Waals surface area contributed by atoms with Gasteiger partial charge >= 0.3 is 6.09 Å². The van der Waals surface area contributed by atoms with Crippen LogP contribution in [0.2, 0.25) is 0 Å². The summed E-state index contributed by atoms with van der Waals surface area (Å²) in [6.07, 6.45) is 0.756. The predicted molar refractivity (Wildman–Crippen MR) is 90.9 cm³/mol. The van der Waals surface area contributed by atoms with Crippen LogP contribution in [0, 0.1) is 5.41 Å². The number of rotatable bonds is 1. The van der Waals surface area contributed by atoms with Crippen LogP contribution in [0.1, 0.15) is 35.2 Å². The fraction of sp³-hybridized carbons (Fsp3) is 0.444. The van der Waals surface area contributed by atoms with Gasteiger partial charge in [-0.3, -0.25) is 24.6 Å². The number of hydrogen-bond donors (Lipinski definition) is 2. The summed E-state index contributed by atoms with van der Waals surface area (Å²) in [4.78, 5) is 51.0. The highest BCUT2D eigenvalue weighted by Crippen LogP contribution is 2.39. The molecule has 0 aliphatic carbocycles. The van der Waals surface area contributed by atoms with Crippen molar-refractivity contribution < 1.29 is 24.3 Å². The summed E-state index contributed by atoms with van der Waals surface area (Å²) in [5.74, 6) is -0.741. The number of benzene rings is 1. The molecule has 8 nitrogen and oxygen atoms in total. The zero-order valence-electron chi connectivity index (χ0n) is 14.2. The quantitative estimate of drug-likeness (QED) is 0.729.